The SMILES string of the molecule is CCN(Cc1ccccc1)C(=O)CNCCOc1ccc(OC)cc1. The van der Waals surface area contributed by atoms with Gasteiger partial charge in [-0.05, 0) is 36.8 Å². The first-order valence-corrected chi connectivity index (χ1v) is 8.52. The van der Waals surface area contributed by atoms with E-state index in [0.717, 1.165) is 17.1 Å². The fourth-order valence-electron chi connectivity index (χ4n) is 2.40. The zero-order valence-electron chi connectivity index (χ0n) is 14.9. The van der Waals surface area contributed by atoms with E-state index in [-0.39, 0.29) is 5.91 Å². The minimum absolute atomic E-state index is 0.0933. The van der Waals surface area contributed by atoms with E-state index in [9.17, 15) is 4.79 Å². The summed E-state index contributed by atoms with van der Waals surface area (Å²) in [5.41, 5.74) is 1.14. The Bertz CT molecular complexity index is 629. The lowest BCUT2D eigenvalue weighted by molar-refractivity contribution is -0.130. The highest BCUT2D eigenvalue weighted by molar-refractivity contribution is 5.78. The average molecular weight is 342 g/mol. The molecule has 0 radical (unpaired) electrons. The quantitative estimate of drug-likeness (QED) is 0.675. The van der Waals surface area contributed by atoms with Crippen LogP contribution in [0.2, 0.25) is 0 Å². The number of hydrogen-bond acceptors (Lipinski definition) is 4. The number of rotatable bonds is 10. The normalized spacial score (nSPS) is 10.3. The highest BCUT2D eigenvalue weighted by atomic mass is 16.5. The van der Waals surface area contributed by atoms with Crippen LogP contribution in [0.25, 0.3) is 0 Å². The molecule has 0 aliphatic heterocycles. The lowest BCUT2D eigenvalue weighted by Crippen LogP contribution is -2.38. The van der Waals surface area contributed by atoms with Gasteiger partial charge in [0, 0.05) is 19.6 Å². The first-order chi connectivity index (χ1) is 12.2. The highest BCUT2D eigenvalue weighted by Gasteiger charge is 2.11. The maximum atomic E-state index is 12.3. The zero-order chi connectivity index (χ0) is 17.9. The molecule has 0 aliphatic rings. The van der Waals surface area contributed by atoms with Crippen LogP contribution in [0.15, 0.2) is 54.6 Å². The summed E-state index contributed by atoms with van der Waals surface area (Å²) < 4.78 is 10.7. The number of amides is 1. The van der Waals surface area contributed by atoms with E-state index in [4.69, 9.17) is 9.47 Å². The van der Waals surface area contributed by atoms with Crippen molar-refractivity contribution < 1.29 is 14.3 Å². The van der Waals surface area contributed by atoms with Crippen molar-refractivity contribution in [3.63, 3.8) is 0 Å². The molecule has 2 aromatic carbocycles. The molecule has 0 spiro atoms. The molecule has 0 aliphatic carbocycles. The van der Waals surface area contributed by atoms with E-state index in [1.165, 1.54) is 0 Å². The van der Waals surface area contributed by atoms with Gasteiger partial charge in [-0.1, -0.05) is 30.3 Å². The molecule has 2 aromatic rings. The molecule has 0 unspecified atom stereocenters. The Balaban J connectivity index is 1.66. The van der Waals surface area contributed by atoms with E-state index in [1.54, 1.807) is 7.11 Å². The van der Waals surface area contributed by atoms with Crippen molar-refractivity contribution >= 4 is 5.91 Å². The van der Waals surface area contributed by atoms with Gasteiger partial charge in [-0.15, -0.1) is 0 Å². The van der Waals surface area contributed by atoms with Crippen LogP contribution in [0.1, 0.15) is 12.5 Å². The molecule has 1 amide bonds. The van der Waals surface area contributed by atoms with Gasteiger partial charge in [0.05, 0.1) is 13.7 Å². The Morgan fingerprint density at radius 2 is 1.72 bits per heavy atom. The van der Waals surface area contributed by atoms with Crippen molar-refractivity contribution in [3.05, 3.63) is 60.2 Å². The molecule has 0 heterocycles. The summed E-state index contributed by atoms with van der Waals surface area (Å²) in [5.74, 6) is 1.68. The topological polar surface area (TPSA) is 50.8 Å². The molecule has 0 saturated carbocycles. The summed E-state index contributed by atoms with van der Waals surface area (Å²) in [5, 5.41) is 3.14. The fourth-order valence-corrected chi connectivity index (χ4v) is 2.40. The van der Waals surface area contributed by atoms with Crippen LogP contribution >= 0.6 is 0 Å². The van der Waals surface area contributed by atoms with Crippen LogP contribution in [0.4, 0.5) is 0 Å². The van der Waals surface area contributed by atoms with Crippen molar-refractivity contribution in [1.82, 2.24) is 10.2 Å². The number of ether oxygens (including phenoxy) is 2. The summed E-state index contributed by atoms with van der Waals surface area (Å²) in [6.07, 6.45) is 0. The Hall–Kier alpha value is -2.53. The van der Waals surface area contributed by atoms with Gasteiger partial charge in [-0.25, -0.2) is 0 Å². The summed E-state index contributed by atoms with van der Waals surface area (Å²) in [6.45, 7) is 4.75. The van der Waals surface area contributed by atoms with Gasteiger partial charge in [-0.2, -0.15) is 0 Å². The summed E-state index contributed by atoms with van der Waals surface area (Å²) >= 11 is 0. The van der Waals surface area contributed by atoms with E-state index in [2.05, 4.69) is 5.32 Å². The monoisotopic (exact) mass is 342 g/mol. The first kappa shape index (κ1) is 18.8. The second kappa shape index (κ2) is 10.4. The predicted octanol–water partition coefficient (Wildman–Crippen LogP) is 2.71. The van der Waals surface area contributed by atoms with Crippen LogP contribution in [0.3, 0.4) is 0 Å². The first-order valence-electron chi connectivity index (χ1n) is 8.52. The molecule has 0 fully saturated rings. The van der Waals surface area contributed by atoms with Crippen LogP contribution in [0, 0.1) is 0 Å². The fraction of sp³-hybridized carbons (Fsp3) is 0.350. The van der Waals surface area contributed by atoms with Crippen LogP contribution in [-0.2, 0) is 11.3 Å². The lowest BCUT2D eigenvalue weighted by Gasteiger charge is -2.21. The van der Waals surface area contributed by atoms with E-state index < -0.39 is 0 Å². The maximum absolute atomic E-state index is 12.3. The second-order valence-electron chi connectivity index (χ2n) is 5.59. The van der Waals surface area contributed by atoms with Crippen LogP contribution in [0.5, 0.6) is 11.5 Å². The van der Waals surface area contributed by atoms with Crippen LogP contribution in [-0.4, -0.2) is 44.2 Å². The average Bonchev–Trinajstić information content (AvgIpc) is 2.67. The van der Waals surface area contributed by atoms with E-state index in [1.807, 2.05) is 66.4 Å². The molecule has 0 aromatic heterocycles. The van der Waals surface area contributed by atoms with Crippen molar-refractivity contribution in [2.45, 2.75) is 13.5 Å². The lowest BCUT2D eigenvalue weighted by atomic mass is 10.2. The molecule has 2 rings (SSSR count). The third-order valence-corrected chi connectivity index (χ3v) is 3.83. The Morgan fingerprint density at radius 3 is 2.36 bits per heavy atom. The van der Waals surface area contributed by atoms with Crippen molar-refractivity contribution in [3.8, 4) is 11.5 Å². The van der Waals surface area contributed by atoms with Gasteiger partial charge in [0.2, 0.25) is 5.91 Å². The Morgan fingerprint density at radius 1 is 1.04 bits per heavy atom. The summed E-state index contributed by atoms with van der Waals surface area (Å²) in [4.78, 5) is 14.1. The van der Waals surface area contributed by atoms with Gasteiger partial charge >= 0.3 is 0 Å². The zero-order valence-corrected chi connectivity index (χ0v) is 14.9. The molecule has 5 nitrogen and oxygen atoms in total. The van der Waals surface area contributed by atoms with Crippen LogP contribution < -0.4 is 14.8 Å². The van der Waals surface area contributed by atoms with E-state index >= 15 is 0 Å². The third kappa shape index (κ3) is 6.47. The Kier molecular flexibility index (Phi) is 7.79. The number of likely N-dealkylation sites (N-methyl/N-ethyl adjacent to an activating group) is 1. The maximum Gasteiger partial charge on any atom is 0.236 e. The predicted molar refractivity (Wildman–Crippen MR) is 98.9 cm³/mol. The number of carbonyl (C=O) groups excluding carboxylic acids is 1. The number of nitrogens with one attached hydrogen (secondary N) is 1. The molecule has 134 valence electrons. The van der Waals surface area contributed by atoms with Gasteiger partial charge in [-0.3, -0.25) is 4.79 Å². The number of hydrogen-bond donors (Lipinski definition) is 1. The molecular formula is C20H26N2O3. The summed E-state index contributed by atoms with van der Waals surface area (Å²) in [7, 11) is 1.63. The van der Waals surface area contributed by atoms with Gasteiger partial charge in [0.15, 0.2) is 0 Å². The number of carbonyl (C=O) groups is 1. The molecule has 5 heteroatoms. The number of benzene rings is 2. The van der Waals surface area contributed by atoms with Crippen molar-refractivity contribution in [2.24, 2.45) is 0 Å². The standard InChI is InChI=1S/C20H26N2O3/c1-3-22(16-17-7-5-4-6-8-17)20(23)15-21-13-14-25-19-11-9-18(24-2)10-12-19/h4-12,21H,3,13-16H2,1-2H3. The highest BCUT2D eigenvalue weighted by Crippen LogP contribution is 2.16. The minimum Gasteiger partial charge on any atom is -0.497 e. The molecule has 0 saturated heterocycles. The molecule has 1 N–H and O–H groups in total. The molecule has 0 bridgehead atoms. The van der Waals surface area contributed by atoms with Gasteiger partial charge in [0.25, 0.3) is 0 Å². The third-order valence-electron chi connectivity index (χ3n) is 3.83. The van der Waals surface area contributed by atoms with Gasteiger partial charge in [0.1, 0.15) is 18.1 Å². The largest absolute Gasteiger partial charge is 0.497 e. The molecule has 25 heavy (non-hydrogen) atoms. The van der Waals surface area contributed by atoms with Crippen molar-refractivity contribution in [2.75, 3.05) is 33.4 Å². The molecule has 0 atom stereocenters. The second-order valence-corrected chi connectivity index (χ2v) is 5.59. The minimum atomic E-state index is 0.0933. The van der Waals surface area contributed by atoms with Crippen molar-refractivity contribution in [1.29, 1.82) is 0 Å². The van der Waals surface area contributed by atoms with Gasteiger partial charge < -0.3 is 19.7 Å². The molecular weight excluding hydrogens is 316 g/mol. The van der Waals surface area contributed by atoms with E-state index in [0.29, 0.717) is 32.8 Å². The number of methoxy groups -OCH3 is 1. The number of nitrogens with zero attached hydrogens (tertiary/aromatic N) is 1. The smallest absolute Gasteiger partial charge is 0.236 e. The summed E-state index contributed by atoms with van der Waals surface area (Å²) in [6, 6.07) is 17.5. The Labute approximate surface area is 149 Å².